The number of nitrogens with one attached hydrogen (secondary N) is 2. The van der Waals surface area contributed by atoms with Crippen LogP contribution in [0.4, 0.5) is 5.13 Å². The Labute approximate surface area is 188 Å². The molecule has 2 aromatic carbocycles. The van der Waals surface area contributed by atoms with Gasteiger partial charge in [0.05, 0.1) is 23.4 Å². The molecule has 0 bridgehead atoms. The number of carbonyl (C=O) groups is 3. The number of carbonyl (C=O) groups excluding carboxylic acids is 3. The molecule has 5 rings (SSSR count). The minimum atomic E-state index is -0.696. The van der Waals surface area contributed by atoms with Gasteiger partial charge in [-0.05, 0) is 49.6 Å². The van der Waals surface area contributed by atoms with Crippen LogP contribution in [0.5, 0.6) is 5.75 Å². The van der Waals surface area contributed by atoms with Crippen molar-refractivity contribution in [1.82, 2.24) is 15.2 Å². The van der Waals surface area contributed by atoms with E-state index in [1.807, 2.05) is 31.2 Å². The van der Waals surface area contributed by atoms with Gasteiger partial charge in [-0.1, -0.05) is 29.5 Å². The molecule has 0 unspecified atom stereocenters. The third kappa shape index (κ3) is 3.80. The molecule has 3 aromatic rings. The molecule has 1 atom stereocenters. The second-order valence-corrected chi connectivity index (χ2v) is 8.81. The van der Waals surface area contributed by atoms with Gasteiger partial charge in [0.1, 0.15) is 11.8 Å². The lowest BCUT2D eigenvalue weighted by Gasteiger charge is -2.24. The standard InChI is InChI=1S/C23H22N4O4S/c1-2-31-14-9-10-17-18(11-14)32-23(25-17)26-19(28)12-24-21(29)20-15-5-3-4-6-16(15)22(30)27(20)13-7-8-13/h3-6,9-11,13,20H,2,7-8,12H2,1H3,(H,24,29)(H,25,26,28)/t20-/m0/s1. The van der Waals surface area contributed by atoms with Gasteiger partial charge >= 0.3 is 0 Å². The Balaban J connectivity index is 1.24. The second-order valence-electron chi connectivity index (χ2n) is 7.78. The summed E-state index contributed by atoms with van der Waals surface area (Å²) in [6.07, 6.45) is 1.79. The highest BCUT2D eigenvalue weighted by molar-refractivity contribution is 7.22. The van der Waals surface area contributed by atoms with Gasteiger partial charge in [0.25, 0.3) is 5.91 Å². The van der Waals surface area contributed by atoms with Crippen LogP contribution in [0, 0.1) is 0 Å². The van der Waals surface area contributed by atoms with E-state index >= 15 is 0 Å². The van der Waals surface area contributed by atoms with Gasteiger partial charge in [0, 0.05) is 11.6 Å². The monoisotopic (exact) mass is 450 g/mol. The van der Waals surface area contributed by atoms with Crippen molar-refractivity contribution < 1.29 is 19.1 Å². The quantitative estimate of drug-likeness (QED) is 0.576. The SMILES string of the molecule is CCOc1ccc2nc(NC(=O)CNC(=O)[C@@H]3c4ccccc4C(=O)N3C3CC3)sc2c1. The summed E-state index contributed by atoms with van der Waals surface area (Å²) in [5.41, 5.74) is 2.02. The topological polar surface area (TPSA) is 101 Å². The number of hydrogen-bond donors (Lipinski definition) is 2. The van der Waals surface area contributed by atoms with Crippen molar-refractivity contribution >= 4 is 44.4 Å². The molecule has 0 spiro atoms. The third-order valence-electron chi connectivity index (χ3n) is 5.53. The molecule has 3 amide bonds. The summed E-state index contributed by atoms with van der Waals surface area (Å²) < 4.78 is 6.40. The Kier molecular flexibility index (Phi) is 5.26. The fourth-order valence-electron chi connectivity index (χ4n) is 3.98. The van der Waals surface area contributed by atoms with Gasteiger partial charge in [-0.3, -0.25) is 14.4 Å². The van der Waals surface area contributed by atoms with Crippen molar-refractivity contribution in [1.29, 1.82) is 0 Å². The van der Waals surface area contributed by atoms with Crippen LogP contribution >= 0.6 is 11.3 Å². The van der Waals surface area contributed by atoms with Gasteiger partial charge in [-0.2, -0.15) is 0 Å². The zero-order valence-electron chi connectivity index (χ0n) is 17.5. The number of thiazole rings is 1. The molecule has 0 radical (unpaired) electrons. The summed E-state index contributed by atoms with van der Waals surface area (Å²) >= 11 is 1.34. The second kappa shape index (κ2) is 8.23. The highest BCUT2D eigenvalue weighted by Crippen LogP contribution is 2.41. The lowest BCUT2D eigenvalue weighted by Crippen LogP contribution is -2.42. The summed E-state index contributed by atoms with van der Waals surface area (Å²) in [6.45, 7) is 2.29. The Morgan fingerprint density at radius 2 is 2.03 bits per heavy atom. The van der Waals surface area contributed by atoms with Gasteiger partial charge in [-0.15, -0.1) is 0 Å². The fourth-order valence-corrected chi connectivity index (χ4v) is 4.89. The van der Waals surface area contributed by atoms with Crippen molar-refractivity contribution in [2.45, 2.75) is 31.8 Å². The number of amides is 3. The van der Waals surface area contributed by atoms with Crippen LogP contribution in [-0.4, -0.2) is 46.8 Å². The summed E-state index contributed by atoms with van der Waals surface area (Å²) in [5, 5.41) is 5.88. The van der Waals surface area contributed by atoms with E-state index in [4.69, 9.17) is 4.74 Å². The molecule has 1 aliphatic heterocycles. The zero-order chi connectivity index (χ0) is 22.2. The molecule has 2 aliphatic rings. The molecular weight excluding hydrogens is 428 g/mol. The number of ether oxygens (including phenoxy) is 1. The number of hydrogen-bond acceptors (Lipinski definition) is 6. The molecule has 9 heteroatoms. The molecule has 8 nitrogen and oxygen atoms in total. The van der Waals surface area contributed by atoms with Crippen LogP contribution in [0.1, 0.15) is 41.7 Å². The van der Waals surface area contributed by atoms with E-state index in [-0.39, 0.29) is 30.3 Å². The first-order valence-electron chi connectivity index (χ1n) is 10.6. The fraction of sp³-hybridized carbons (Fsp3) is 0.304. The lowest BCUT2D eigenvalue weighted by molar-refractivity contribution is -0.127. The largest absolute Gasteiger partial charge is 0.494 e. The molecule has 1 saturated carbocycles. The Bertz CT molecular complexity index is 1220. The van der Waals surface area contributed by atoms with Crippen LogP contribution < -0.4 is 15.4 Å². The molecule has 1 aliphatic carbocycles. The van der Waals surface area contributed by atoms with Gasteiger partial charge in [-0.25, -0.2) is 4.98 Å². The first-order chi connectivity index (χ1) is 15.5. The Hall–Kier alpha value is -3.46. The van der Waals surface area contributed by atoms with Crippen LogP contribution in [-0.2, 0) is 9.59 Å². The van der Waals surface area contributed by atoms with Crippen molar-refractivity contribution in [2.75, 3.05) is 18.5 Å². The number of aromatic nitrogens is 1. The first-order valence-corrected chi connectivity index (χ1v) is 11.4. The number of fused-ring (bicyclic) bond motifs is 2. The number of benzene rings is 2. The van der Waals surface area contributed by atoms with Gasteiger partial charge in [0.2, 0.25) is 11.8 Å². The number of nitrogens with zero attached hydrogens (tertiary/aromatic N) is 2. The maximum atomic E-state index is 13.0. The molecule has 0 saturated heterocycles. The molecule has 1 fully saturated rings. The van der Waals surface area contributed by atoms with Crippen LogP contribution in [0.25, 0.3) is 10.2 Å². The maximum Gasteiger partial charge on any atom is 0.255 e. The third-order valence-corrected chi connectivity index (χ3v) is 6.46. The lowest BCUT2D eigenvalue weighted by atomic mass is 10.0. The van der Waals surface area contributed by atoms with E-state index in [0.29, 0.717) is 22.9 Å². The Morgan fingerprint density at radius 3 is 2.81 bits per heavy atom. The van der Waals surface area contributed by atoms with Crippen molar-refractivity contribution in [3.8, 4) is 5.75 Å². The predicted octanol–water partition coefficient (Wildman–Crippen LogP) is 3.11. The molecular formula is C23H22N4O4S. The van der Waals surface area contributed by atoms with Crippen LogP contribution in [0.2, 0.25) is 0 Å². The molecule has 164 valence electrons. The first kappa shape index (κ1) is 20.4. The average Bonchev–Trinajstić information content (AvgIpc) is 3.48. The molecule has 2 heterocycles. The maximum absolute atomic E-state index is 13.0. The summed E-state index contributed by atoms with van der Waals surface area (Å²) in [4.78, 5) is 44.3. The summed E-state index contributed by atoms with van der Waals surface area (Å²) in [6, 6.07) is 12.1. The zero-order valence-corrected chi connectivity index (χ0v) is 18.3. The van der Waals surface area contributed by atoms with Crippen molar-refractivity contribution in [2.24, 2.45) is 0 Å². The number of anilines is 1. The van der Waals surface area contributed by atoms with Crippen LogP contribution in [0.15, 0.2) is 42.5 Å². The molecule has 1 aromatic heterocycles. The van der Waals surface area contributed by atoms with E-state index in [9.17, 15) is 14.4 Å². The Morgan fingerprint density at radius 1 is 1.22 bits per heavy atom. The number of rotatable bonds is 7. The van der Waals surface area contributed by atoms with Crippen molar-refractivity contribution in [3.05, 3.63) is 53.6 Å². The van der Waals surface area contributed by atoms with E-state index < -0.39 is 6.04 Å². The van der Waals surface area contributed by atoms with Gasteiger partial charge < -0.3 is 20.3 Å². The highest BCUT2D eigenvalue weighted by Gasteiger charge is 2.47. The van der Waals surface area contributed by atoms with E-state index in [2.05, 4.69) is 15.6 Å². The van der Waals surface area contributed by atoms with Gasteiger partial charge in [0.15, 0.2) is 5.13 Å². The summed E-state index contributed by atoms with van der Waals surface area (Å²) in [7, 11) is 0. The van der Waals surface area contributed by atoms with E-state index in [1.54, 1.807) is 23.1 Å². The minimum Gasteiger partial charge on any atom is -0.494 e. The van der Waals surface area contributed by atoms with E-state index in [0.717, 1.165) is 28.8 Å². The highest BCUT2D eigenvalue weighted by atomic mass is 32.1. The normalized spacial score (nSPS) is 17.3. The smallest absolute Gasteiger partial charge is 0.255 e. The van der Waals surface area contributed by atoms with Crippen molar-refractivity contribution in [3.63, 3.8) is 0 Å². The molecule has 2 N–H and O–H groups in total. The van der Waals surface area contributed by atoms with Crippen LogP contribution in [0.3, 0.4) is 0 Å². The summed E-state index contributed by atoms with van der Waals surface area (Å²) in [5.74, 6) is -0.0944. The van der Waals surface area contributed by atoms with E-state index in [1.165, 1.54) is 11.3 Å². The predicted molar refractivity (Wildman–Crippen MR) is 121 cm³/mol. The average molecular weight is 451 g/mol. The minimum absolute atomic E-state index is 0.0869. The molecule has 32 heavy (non-hydrogen) atoms.